The summed E-state index contributed by atoms with van der Waals surface area (Å²) in [6.45, 7) is 3.34. The molecule has 1 aromatic carbocycles. The average Bonchev–Trinajstić information content (AvgIpc) is 2.03. The minimum absolute atomic E-state index is 0.328. The zero-order chi connectivity index (χ0) is 9.19. The Morgan fingerprint density at radius 2 is 2.00 bits per heavy atom. The molecule has 66 valence electrons. The second-order valence-electron chi connectivity index (χ2n) is 3.18. The molecule has 0 aliphatic rings. The largest absolute Gasteiger partial charge is 0.386 e. The normalized spacial score (nSPS) is 11.3. The SMILES string of the molecule is CC(C)(O)c1cccc(OO)c1. The second kappa shape index (κ2) is 3.13. The van der Waals surface area contributed by atoms with E-state index in [2.05, 4.69) is 4.89 Å². The van der Waals surface area contributed by atoms with Crippen LogP contribution in [0.15, 0.2) is 24.3 Å². The molecular formula is C9H12O3. The van der Waals surface area contributed by atoms with Crippen LogP contribution in [0.2, 0.25) is 0 Å². The second-order valence-corrected chi connectivity index (χ2v) is 3.18. The molecule has 0 atom stereocenters. The Hall–Kier alpha value is -1.06. The fourth-order valence-corrected chi connectivity index (χ4v) is 0.933. The van der Waals surface area contributed by atoms with Crippen molar-refractivity contribution in [2.75, 3.05) is 0 Å². The van der Waals surface area contributed by atoms with Crippen molar-refractivity contribution in [1.29, 1.82) is 0 Å². The fraction of sp³-hybridized carbons (Fsp3) is 0.333. The molecule has 12 heavy (non-hydrogen) atoms. The fourth-order valence-electron chi connectivity index (χ4n) is 0.933. The molecule has 0 saturated heterocycles. The van der Waals surface area contributed by atoms with E-state index in [9.17, 15) is 5.11 Å². The van der Waals surface area contributed by atoms with Crippen LogP contribution in [0, 0.1) is 0 Å². The minimum Gasteiger partial charge on any atom is -0.386 e. The quantitative estimate of drug-likeness (QED) is 0.522. The topological polar surface area (TPSA) is 49.7 Å². The van der Waals surface area contributed by atoms with E-state index in [1.165, 1.54) is 0 Å². The maximum absolute atomic E-state index is 9.57. The van der Waals surface area contributed by atoms with Crippen molar-refractivity contribution < 1.29 is 15.3 Å². The molecule has 0 saturated carbocycles. The number of benzene rings is 1. The van der Waals surface area contributed by atoms with Gasteiger partial charge < -0.3 is 9.99 Å². The van der Waals surface area contributed by atoms with Gasteiger partial charge in [0.05, 0.1) is 5.60 Å². The van der Waals surface area contributed by atoms with Crippen LogP contribution in [0.1, 0.15) is 19.4 Å². The van der Waals surface area contributed by atoms with Gasteiger partial charge >= 0.3 is 0 Å². The summed E-state index contributed by atoms with van der Waals surface area (Å²) in [5, 5.41) is 17.9. The molecule has 0 unspecified atom stereocenters. The van der Waals surface area contributed by atoms with Crippen LogP contribution in [-0.4, -0.2) is 10.4 Å². The van der Waals surface area contributed by atoms with Gasteiger partial charge in [0.15, 0.2) is 5.75 Å². The molecule has 0 heterocycles. The number of rotatable bonds is 2. The zero-order valence-electron chi connectivity index (χ0n) is 7.11. The summed E-state index contributed by atoms with van der Waals surface area (Å²) in [5.41, 5.74) is -0.205. The Morgan fingerprint density at radius 3 is 2.50 bits per heavy atom. The summed E-state index contributed by atoms with van der Waals surface area (Å²) in [4.78, 5) is 4.04. The van der Waals surface area contributed by atoms with Crippen molar-refractivity contribution in [3.05, 3.63) is 29.8 Å². The molecule has 0 bridgehead atoms. The van der Waals surface area contributed by atoms with Gasteiger partial charge in [0, 0.05) is 0 Å². The summed E-state index contributed by atoms with van der Waals surface area (Å²) in [6.07, 6.45) is 0. The van der Waals surface area contributed by atoms with Gasteiger partial charge in [0.2, 0.25) is 0 Å². The van der Waals surface area contributed by atoms with Crippen LogP contribution >= 0.6 is 0 Å². The van der Waals surface area contributed by atoms with Crippen molar-refractivity contribution in [2.45, 2.75) is 19.4 Å². The number of hydrogen-bond donors (Lipinski definition) is 2. The van der Waals surface area contributed by atoms with Crippen LogP contribution < -0.4 is 4.89 Å². The molecule has 3 heteroatoms. The van der Waals surface area contributed by atoms with Crippen molar-refractivity contribution in [2.24, 2.45) is 0 Å². The third-order valence-corrected chi connectivity index (χ3v) is 1.65. The molecule has 0 aliphatic carbocycles. The lowest BCUT2D eigenvalue weighted by atomic mass is 9.98. The molecule has 0 fully saturated rings. The van der Waals surface area contributed by atoms with Crippen LogP contribution in [0.25, 0.3) is 0 Å². The van der Waals surface area contributed by atoms with E-state index < -0.39 is 5.60 Å². The molecule has 0 amide bonds. The Kier molecular flexibility index (Phi) is 2.35. The van der Waals surface area contributed by atoms with E-state index in [0.29, 0.717) is 11.3 Å². The first-order valence-corrected chi connectivity index (χ1v) is 3.68. The van der Waals surface area contributed by atoms with E-state index in [4.69, 9.17) is 5.26 Å². The monoisotopic (exact) mass is 168 g/mol. The molecule has 0 aliphatic heterocycles. The van der Waals surface area contributed by atoms with Crippen molar-refractivity contribution in [3.8, 4) is 5.75 Å². The average molecular weight is 168 g/mol. The van der Waals surface area contributed by atoms with Gasteiger partial charge in [-0.05, 0) is 31.5 Å². The molecule has 1 rings (SSSR count). The highest BCUT2D eigenvalue weighted by Crippen LogP contribution is 2.23. The molecule has 2 N–H and O–H groups in total. The van der Waals surface area contributed by atoms with E-state index in [-0.39, 0.29) is 0 Å². The highest BCUT2D eigenvalue weighted by molar-refractivity contribution is 5.31. The van der Waals surface area contributed by atoms with Gasteiger partial charge in [-0.25, -0.2) is 5.26 Å². The lowest BCUT2D eigenvalue weighted by molar-refractivity contribution is -0.137. The van der Waals surface area contributed by atoms with E-state index in [1.54, 1.807) is 38.1 Å². The maximum atomic E-state index is 9.57. The van der Waals surface area contributed by atoms with Crippen LogP contribution in [0.4, 0.5) is 0 Å². The first kappa shape index (κ1) is 9.03. The Bertz CT molecular complexity index is 263. The summed E-state index contributed by atoms with van der Waals surface area (Å²) in [5.74, 6) is 0.328. The van der Waals surface area contributed by atoms with Crippen molar-refractivity contribution in [1.82, 2.24) is 0 Å². The van der Waals surface area contributed by atoms with Gasteiger partial charge in [0.1, 0.15) is 0 Å². The van der Waals surface area contributed by atoms with Gasteiger partial charge in [-0.1, -0.05) is 12.1 Å². The third kappa shape index (κ3) is 1.96. The van der Waals surface area contributed by atoms with Crippen LogP contribution in [-0.2, 0) is 5.60 Å². The molecule has 0 spiro atoms. The van der Waals surface area contributed by atoms with Crippen molar-refractivity contribution >= 4 is 0 Å². The highest BCUT2D eigenvalue weighted by Gasteiger charge is 2.15. The van der Waals surface area contributed by atoms with Gasteiger partial charge in [-0.15, -0.1) is 0 Å². The lowest BCUT2D eigenvalue weighted by Gasteiger charge is -2.17. The molecular weight excluding hydrogens is 156 g/mol. The van der Waals surface area contributed by atoms with E-state index in [0.717, 1.165) is 0 Å². The van der Waals surface area contributed by atoms with E-state index in [1.807, 2.05) is 0 Å². The molecule has 3 nitrogen and oxygen atoms in total. The highest BCUT2D eigenvalue weighted by atomic mass is 17.1. The van der Waals surface area contributed by atoms with E-state index >= 15 is 0 Å². The smallest absolute Gasteiger partial charge is 0.165 e. The summed E-state index contributed by atoms with van der Waals surface area (Å²) in [7, 11) is 0. The molecule has 0 radical (unpaired) electrons. The molecule has 1 aromatic rings. The van der Waals surface area contributed by atoms with Gasteiger partial charge in [-0.2, -0.15) is 0 Å². The molecule has 0 aromatic heterocycles. The predicted octanol–water partition coefficient (Wildman–Crippen LogP) is 1.77. The summed E-state index contributed by atoms with van der Waals surface area (Å²) < 4.78 is 0. The van der Waals surface area contributed by atoms with Gasteiger partial charge in [-0.3, -0.25) is 0 Å². The minimum atomic E-state index is -0.908. The summed E-state index contributed by atoms with van der Waals surface area (Å²) >= 11 is 0. The van der Waals surface area contributed by atoms with Crippen molar-refractivity contribution in [3.63, 3.8) is 0 Å². The Balaban J connectivity index is 3.02. The first-order chi connectivity index (χ1) is 5.54. The Morgan fingerprint density at radius 1 is 1.33 bits per heavy atom. The third-order valence-electron chi connectivity index (χ3n) is 1.65. The standard InChI is InChI=1S/C9H12O3/c1-9(2,10)7-4-3-5-8(6-7)12-11/h3-6,10-11H,1-2H3. The Labute approximate surface area is 71.2 Å². The number of aliphatic hydroxyl groups is 1. The maximum Gasteiger partial charge on any atom is 0.165 e. The number of hydrogen-bond acceptors (Lipinski definition) is 3. The summed E-state index contributed by atoms with van der Waals surface area (Å²) in [6, 6.07) is 6.66. The zero-order valence-corrected chi connectivity index (χ0v) is 7.11. The lowest BCUT2D eigenvalue weighted by Crippen LogP contribution is -2.15. The van der Waals surface area contributed by atoms with Gasteiger partial charge in [0.25, 0.3) is 0 Å². The first-order valence-electron chi connectivity index (χ1n) is 3.68. The van der Waals surface area contributed by atoms with Crippen LogP contribution in [0.5, 0.6) is 5.75 Å². The predicted molar refractivity (Wildman–Crippen MR) is 44.9 cm³/mol. The van der Waals surface area contributed by atoms with Crippen LogP contribution in [0.3, 0.4) is 0 Å².